The number of hydrogen-bond acceptors (Lipinski definition) is 3. The molecule has 3 heteroatoms. The minimum absolute atomic E-state index is 0.274. The minimum atomic E-state index is 0.274. The normalized spacial score (nSPS) is 21.2. The Morgan fingerprint density at radius 3 is 2.46 bits per heavy atom. The van der Waals surface area contributed by atoms with Gasteiger partial charge in [-0.1, -0.05) is 0 Å². The van der Waals surface area contributed by atoms with Crippen LogP contribution in [0.5, 0.6) is 0 Å². The summed E-state index contributed by atoms with van der Waals surface area (Å²) >= 11 is 0. The third-order valence-electron chi connectivity index (χ3n) is 2.42. The van der Waals surface area contributed by atoms with Crippen LogP contribution in [0.15, 0.2) is 0 Å². The van der Waals surface area contributed by atoms with Gasteiger partial charge in [-0.2, -0.15) is 0 Å². The molecule has 0 aromatic carbocycles. The van der Waals surface area contributed by atoms with Crippen molar-refractivity contribution in [2.45, 2.75) is 38.9 Å². The molecule has 0 aromatic heterocycles. The molecule has 13 heavy (non-hydrogen) atoms. The van der Waals surface area contributed by atoms with Crippen molar-refractivity contribution in [3.63, 3.8) is 0 Å². The molecule has 0 saturated carbocycles. The second-order valence-electron chi connectivity index (χ2n) is 3.95. The van der Waals surface area contributed by atoms with Gasteiger partial charge in [-0.25, -0.2) is 0 Å². The number of aliphatic hydroxyl groups excluding tert-OH is 1. The third-order valence-corrected chi connectivity index (χ3v) is 2.42. The summed E-state index contributed by atoms with van der Waals surface area (Å²) in [6, 6.07) is 0. The number of hydrogen-bond donors (Lipinski definition) is 1. The predicted octanol–water partition coefficient (Wildman–Crippen LogP) is 0.868. The largest absolute Gasteiger partial charge is 0.395 e. The van der Waals surface area contributed by atoms with Gasteiger partial charge in [0.05, 0.1) is 18.8 Å². The number of aliphatic hydroxyl groups is 1. The number of β-amino-alcohol motifs (C(OH)–C–C–N with tert-alkyl or cyclic N) is 1. The quantitative estimate of drug-likeness (QED) is 0.709. The summed E-state index contributed by atoms with van der Waals surface area (Å²) < 4.78 is 5.73. The highest BCUT2D eigenvalue weighted by molar-refractivity contribution is 4.72. The first kappa shape index (κ1) is 11.0. The van der Waals surface area contributed by atoms with Crippen LogP contribution in [0.3, 0.4) is 0 Å². The van der Waals surface area contributed by atoms with Gasteiger partial charge >= 0.3 is 0 Å². The van der Waals surface area contributed by atoms with E-state index in [4.69, 9.17) is 9.84 Å². The van der Waals surface area contributed by atoms with Gasteiger partial charge in [0.2, 0.25) is 0 Å². The highest BCUT2D eigenvalue weighted by Gasteiger charge is 2.19. The van der Waals surface area contributed by atoms with Crippen LogP contribution >= 0.6 is 0 Å². The number of piperidine rings is 1. The lowest BCUT2D eigenvalue weighted by atomic mass is 10.1. The van der Waals surface area contributed by atoms with Crippen LogP contribution < -0.4 is 0 Å². The zero-order valence-corrected chi connectivity index (χ0v) is 8.70. The molecule has 78 valence electrons. The zero-order valence-electron chi connectivity index (χ0n) is 8.70. The minimum Gasteiger partial charge on any atom is -0.395 e. The molecule has 0 bridgehead atoms. The molecule has 0 aliphatic carbocycles. The zero-order chi connectivity index (χ0) is 9.68. The van der Waals surface area contributed by atoms with Crippen LogP contribution in [0.4, 0.5) is 0 Å². The first-order valence-electron chi connectivity index (χ1n) is 5.21. The molecule has 0 spiro atoms. The molecule has 1 fully saturated rings. The standard InChI is InChI=1S/C10H21NO2/c1-9(2)13-10-3-5-11(6-4-10)7-8-12/h9-10,12H,3-8H2,1-2H3. The van der Waals surface area contributed by atoms with Gasteiger partial charge in [0.15, 0.2) is 0 Å². The predicted molar refractivity (Wildman–Crippen MR) is 52.8 cm³/mol. The lowest BCUT2D eigenvalue weighted by Gasteiger charge is -2.32. The van der Waals surface area contributed by atoms with E-state index in [1.807, 2.05) is 0 Å². The molecule has 3 nitrogen and oxygen atoms in total. The van der Waals surface area contributed by atoms with Crippen molar-refractivity contribution < 1.29 is 9.84 Å². The molecule has 1 rings (SSSR count). The topological polar surface area (TPSA) is 32.7 Å². The summed E-state index contributed by atoms with van der Waals surface area (Å²) in [5.41, 5.74) is 0. The van der Waals surface area contributed by atoms with Crippen molar-refractivity contribution in [1.82, 2.24) is 4.90 Å². The Hall–Kier alpha value is -0.120. The molecule has 0 atom stereocenters. The second-order valence-corrected chi connectivity index (χ2v) is 3.95. The molecule has 1 aliphatic rings. The average molecular weight is 187 g/mol. The van der Waals surface area contributed by atoms with E-state index in [9.17, 15) is 0 Å². The monoisotopic (exact) mass is 187 g/mol. The Kier molecular flexibility index (Phi) is 4.70. The molecule has 0 radical (unpaired) electrons. The van der Waals surface area contributed by atoms with E-state index >= 15 is 0 Å². The first-order chi connectivity index (χ1) is 6.22. The summed E-state index contributed by atoms with van der Waals surface area (Å²) in [6.45, 7) is 7.39. The van der Waals surface area contributed by atoms with Gasteiger partial charge in [-0.05, 0) is 26.7 Å². The molecular formula is C10H21NO2. The highest BCUT2D eigenvalue weighted by Crippen LogP contribution is 2.14. The van der Waals surface area contributed by atoms with Crippen molar-refractivity contribution in [3.8, 4) is 0 Å². The van der Waals surface area contributed by atoms with E-state index in [1.54, 1.807) is 0 Å². The van der Waals surface area contributed by atoms with Crippen LogP contribution in [0.1, 0.15) is 26.7 Å². The maximum absolute atomic E-state index is 8.76. The van der Waals surface area contributed by atoms with Crippen molar-refractivity contribution in [3.05, 3.63) is 0 Å². The second kappa shape index (κ2) is 5.58. The van der Waals surface area contributed by atoms with Gasteiger partial charge in [0, 0.05) is 19.6 Å². The lowest BCUT2D eigenvalue weighted by molar-refractivity contribution is -0.0283. The van der Waals surface area contributed by atoms with Crippen LogP contribution in [-0.2, 0) is 4.74 Å². The smallest absolute Gasteiger partial charge is 0.0603 e. The van der Waals surface area contributed by atoms with E-state index in [-0.39, 0.29) is 6.61 Å². The first-order valence-corrected chi connectivity index (χ1v) is 5.21. The lowest BCUT2D eigenvalue weighted by Crippen LogP contribution is -2.39. The van der Waals surface area contributed by atoms with Gasteiger partial charge in [-0.15, -0.1) is 0 Å². The van der Waals surface area contributed by atoms with Crippen LogP contribution in [0.25, 0.3) is 0 Å². The average Bonchev–Trinajstić information content (AvgIpc) is 2.08. The summed E-state index contributed by atoms with van der Waals surface area (Å²) in [5.74, 6) is 0. The van der Waals surface area contributed by atoms with Gasteiger partial charge in [0.25, 0.3) is 0 Å². The molecular weight excluding hydrogens is 166 g/mol. The van der Waals surface area contributed by atoms with Crippen molar-refractivity contribution >= 4 is 0 Å². The third kappa shape index (κ3) is 4.07. The number of likely N-dealkylation sites (tertiary alicyclic amines) is 1. The van der Waals surface area contributed by atoms with E-state index in [0.717, 1.165) is 32.5 Å². The Labute approximate surface area is 80.7 Å². The van der Waals surface area contributed by atoms with Gasteiger partial charge < -0.3 is 14.7 Å². The summed E-state index contributed by atoms with van der Waals surface area (Å²) in [6.07, 6.45) is 3.00. The van der Waals surface area contributed by atoms with E-state index in [2.05, 4.69) is 18.7 Å². The molecule has 0 amide bonds. The van der Waals surface area contributed by atoms with Crippen LogP contribution in [-0.4, -0.2) is 48.5 Å². The molecule has 1 heterocycles. The van der Waals surface area contributed by atoms with Crippen LogP contribution in [0, 0.1) is 0 Å². The fraction of sp³-hybridized carbons (Fsp3) is 1.00. The van der Waals surface area contributed by atoms with Gasteiger partial charge in [-0.3, -0.25) is 0 Å². The van der Waals surface area contributed by atoms with Gasteiger partial charge in [0.1, 0.15) is 0 Å². The van der Waals surface area contributed by atoms with Crippen LogP contribution in [0.2, 0.25) is 0 Å². The summed E-state index contributed by atoms with van der Waals surface area (Å²) in [4.78, 5) is 2.29. The van der Waals surface area contributed by atoms with E-state index < -0.39 is 0 Å². The fourth-order valence-corrected chi connectivity index (χ4v) is 1.80. The van der Waals surface area contributed by atoms with Crippen molar-refractivity contribution in [2.24, 2.45) is 0 Å². The summed E-state index contributed by atoms with van der Waals surface area (Å²) in [5, 5.41) is 8.76. The molecule has 1 aliphatic heterocycles. The Bertz CT molecular complexity index is 131. The Morgan fingerprint density at radius 2 is 2.00 bits per heavy atom. The fourth-order valence-electron chi connectivity index (χ4n) is 1.80. The van der Waals surface area contributed by atoms with E-state index in [1.165, 1.54) is 0 Å². The molecule has 1 N–H and O–H groups in total. The Balaban J connectivity index is 2.15. The molecule has 1 saturated heterocycles. The number of rotatable bonds is 4. The Morgan fingerprint density at radius 1 is 1.38 bits per heavy atom. The van der Waals surface area contributed by atoms with Crippen molar-refractivity contribution in [1.29, 1.82) is 0 Å². The SMILES string of the molecule is CC(C)OC1CCN(CCO)CC1. The highest BCUT2D eigenvalue weighted by atomic mass is 16.5. The number of nitrogens with zero attached hydrogens (tertiary/aromatic N) is 1. The van der Waals surface area contributed by atoms with E-state index in [0.29, 0.717) is 12.2 Å². The maximum atomic E-state index is 8.76. The molecule has 0 aromatic rings. The maximum Gasteiger partial charge on any atom is 0.0603 e. The summed E-state index contributed by atoms with van der Waals surface area (Å²) in [7, 11) is 0. The number of ether oxygens (including phenoxy) is 1. The van der Waals surface area contributed by atoms with Crippen molar-refractivity contribution in [2.75, 3.05) is 26.2 Å². The molecule has 0 unspecified atom stereocenters.